The number of nitrogens with zero attached hydrogens (tertiary/aromatic N) is 2. The fraction of sp³-hybridized carbons (Fsp3) is 0.333. The van der Waals surface area contributed by atoms with Crippen molar-refractivity contribution < 1.29 is 33.1 Å². The average Bonchev–Trinajstić information content (AvgIpc) is 3.28. The highest BCUT2D eigenvalue weighted by Gasteiger charge is 2.42. The molecule has 3 rings (SSSR count). The van der Waals surface area contributed by atoms with E-state index in [-0.39, 0.29) is 12.3 Å². The van der Waals surface area contributed by atoms with E-state index in [0.717, 1.165) is 5.56 Å². The molecule has 2 aromatic rings. The van der Waals surface area contributed by atoms with Gasteiger partial charge in [0.1, 0.15) is 11.9 Å². The molecule has 0 fully saturated rings. The monoisotopic (exact) mass is 503 g/mol. The van der Waals surface area contributed by atoms with E-state index in [0.29, 0.717) is 22.8 Å². The summed E-state index contributed by atoms with van der Waals surface area (Å²) in [4.78, 5) is 46.2. The Kier molecular flexibility index (Phi) is 8.20. The van der Waals surface area contributed by atoms with Crippen molar-refractivity contribution in [2.24, 2.45) is 0 Å². The molecular weight excluding hydrogens is 476 g/mol. The Morgan fingerprint density at radius 2 is 1.94 bits per heavy atom. The standard InChI is InChI=1S/C24H27F2N5O5/c1-14-6-4-5-7-18(14)28-23(35)29-20-9-8-16(13-27-20)10-21(32)31(3)15(2)19-11-17(36-30-19)12-24(25,26)22(33)34/h4-9,11,13,15,17,30H,10,12H2,1-3H3,(H,33,34)(H2,27,28,29,35). The molecule has 0 spiro atoms. The van der Waals surface area contributed by atoms with Gasteiger partial charge in [0.25, 0.3) is 0 Å². The van der Waals surface area contributed by atoms with Gasteiger partial charge < -0.3 is 15.3 Å². The van der Waals surface area contributed by atoms with Crippen LogP contribution in [-0.4, -0.2) is 58.0 Å². The van der Waals surface area contributed by atoms with E-state index in [2.05, 4.69) is 21.1 Å². The molecule has 192 valence electrons. The van der Waals surface area contributed by atoms with Crippen LogP contribution in [0.4, 0.5) is 25.1 Å². The van der Waals surface area contributed by atoms with Crippen LogP contribution in [0, 0.1) is 6.92 Å². The molecule has 1 aliphatic rings. The van der Waals surface area contributed by atoms with Gasteiger partial charge in [-0.15, -0.1) is 0 Å². The second-order valence-electron chi connectivity index (χ2n) is 8.40. The first-order valence-corrected chi connectivity index (χ1v) is 11.0. The molecule has 12 heteroatoms. The predicted octanol–water partition coefficient (Wildman–Crippen LogP) is 3.32. The number of alkyl halides is 2. The second kappa shape index (κ2) is 11.1. The van der Waals surface area contributed by atoms with E-state index in [1.165, 1.54) is 17.2 Å². The van der Waals surface area contributed by atoms with Crippen LogP contribution >= 0.6 is 0 Å². The Hall–Kier alpha value is -4.06. The number of rotatable bonds is 9. The number of benzene rings is 1. The van der Waals surface area contributed by atoms with Gasteiger partial charge in [-0.3, -0.25) is 20.4 Å². The lowest BCUT2D eigenvalue weighted by atomic mass is 10.1. The zero-order valence-electron chi connectivity index (χ0n) is 19.9. The van der Waals surface area contributed by atoms with Gasteiger partial charge >= 0.3 is 17.9 Å². The number of hydrogen-bond acceptors (Lipinski definition) is 6. The number of hydrogen-bond donors (Lipinski definition) is 4. The van der Waals surface area contributed by atoms with Gasteiger partial charge in [-0.1, -0.05) is 24.3 Å². The maximum Gasteiger partial charge on any atom is 0.374 e. The number of urea groups is 1. The molecule has 0 saturated carbocycles. The molecule has 10 nitrogen and oxygen atoms in total. The average molecular weight is 504 g/mol. The van der Waals surface area contributed by atoms with Crippen LogP contribution in [0.1, 0.15) is 24.5 Å². The minimum absolute atomic E-state index is 0.0121. The van der Waals surface area contributed by atoms with Gasteiger partial charge in [0.05, 0.1) is 24.6 Å². The number of hydroxylamine groups is 1. The minimum Gasteiger partial charge on any atom is -0.477 e. The summed E-state index contributed by atoms with van der Waals surface area (Å²) in [7, 11) is 1.55. The van der Waals surface area contributed by atoms with E-state index in [1.807, 2.05) is 25.1 Å². The zero-order chi connectivity index (χ0) is 26.5. The summed E-state index contributed by atoms with van der Waals surface area (Å²) in [6.07, 6.45) is 0.649. The van der Waals surface area contributed by atoms with E-state index >= 15 is 0 Å². The van der Waals surface area contributed by atoms with Crippen LogP contribution in [0.3, 0.4) is 0 Å². The summed E-state index contributed by atoms with van der Waals surface area (Å²) in [6.45, 7) is 3.55. The van der Waals surface area contributed by atoms with Crippen molar-refractivity contribution in [1.29, 1.82) is 0 Å². The van der Waals surface area contributed by atoms with Crippen LogP contribution in [-0.2, 0) is 20.8 Å². The Morgan fingerprint density at radius 3 is 2.58 bits per heavy atom. The smallest absolute Gasteiger partial charge is 0.374 e. The van der Waals surface area contributed by atoms with Crippen molar-refractivity contribution in [3.63, 3.8) is 0 Å². The molecule has 2 atom stereocenters. The second-order valence-corrected chi connectivity index (χ2v) is 8.40. The maximum absolute atomic E-state index is 13.4. The highest BCUT2D eigenvalue weighted by Crippen LogP contribution is 2.26. The number of carbonyl (C=O) groups excluding carboxylic acids is 2. The number of para-hydroxylation sites is 1. The van der Waals surface area contributed by atoms with Crippen molar-refractivity contribution in [3.8, 4) is 0 Å². The molecule has 0 radical (unpaired) electrons. The van der Waals surface area contributed by atoms with Gasteiger partial charge in [-0.05, 0) is 43.2 Å². The lowest BCUT2D eigenvalue weighted by molar-refractivity contribution is -0.169. The number of amides is 3. The minimum atomic E-state index is -3.93. The van der Waals surface area contributed by atoms with Crippen LogP contribution < -0.4 is 16.1 Å². The number of carboxylic acid groups (broad SMARTS) is 1. The van der Waals surface area contributed by atoms with Gasteiger partial charge in [0, 0.05) is 18.9 Å². The number of pyridine rings is 1. The molecule has 3 amide bonds. The summed E-state index contributed by atoms with van der Waals surface area (Å²) < 4.78 is 26.9. The highest BCUT2D eigenvalue weighted by atomic mass is 19.3. The third-order valence-corrected chi connectivity index (χ3v) is 5.70. The van der Waals surface area contributed by atoms with Crippen molar-refractivity contribution in [2.75, 3.05) is 17.7 Å². The molecule has 0 aliphatic carbocycles. The lowest BCUT2D eigenvalue weighted by Gasteiger charge is -2.25. The Balaban J connectivity index is 1.53. The van der Waals surface area contributed by atoms with Crippen molar-refractivity contribution in [1.82, 2.24) is 15.4 Å². The number of aromatic nitrogens is 1. The van der Waals surface area contributed by atoms with Crippen LogP contribution in [0.25, 0.3) is 0 Å². The number of likely N-dealkylation sites (N-methyl/N-ethyl adjacent to an activating group) is 1. The molecule has 4 N–H and O–H groups in total. The third-order valence-electron chi connectivity index (χ3n) is 5.70. The summed E-state index contributed by atoms with van der Waals surface area (Å²) in [5, 5.41) is 13.9. The SMILES string of the molecule is Cc1ccccc1NC(=O)Nc1ccc(CC(=O)N(C)C(C)C2=CC(CC(F)(F)C(=O)O)ON2)cn1. The van der Waals surface area contributed by atoms with Crippen molar-refractivity contribution >= 4 is 29.4 Å². The molecule has 36 heavy (non-hydrogen) atoms. The topological polar surface area (TPSA) is 133 Å². The van der Waals surface area contributed by atoms with Gasteiger partial charge in [-0.2, -0.15) is 8.78 Å². The largest absolute Gasteiger partial charge is 0.477 e. The number of nitrogens with one attached hydrogen (secondary N) is 3. The van der Waals surface area contributed by atoms with E-state index in [9.17, 15) is 23.2 Å². The lowest BCUT2D eigenvalue weighted by Crippen LogP contribution is -2.39. The van der Waals surface area contributed by atoms with Crippen molar-refractivity contribution in [2.45, 2.75) is 44.8 Å². The molecule has 0 bridgehead atoms. The van der Waals surface area contributed by atoms with Gasteiger partial charge in [0.15, 0.2) is 0 Å². The number of aliphatic carboxylic acids is 1. The summed E-state index contributed by atoms with van der Waals surface area (Å²) in [6, 6.07) is 9.58. The summed E-state index contributed by atoms with van der Waals surface area (Å²) >= 11 is 0. The molecule has 2 heterocycles. The molecular formula is C24H27F2N5O5. The first-order valence-electron chi connectivity index (χ1n) is 11.0. The Bertz CT molecular complexity index is 1160. The maximum atomic E-state index is 13.4. The van der Waals surface area contributed by atoms with Crippen LogP contribution in [0.15, 0.2) is 54.4 Å². The van der Waals surface area contributed by atoms with E-state index in [4.69, 9.17) is 9.94 Å². The molecule has 1 aromatic carbocycles. The number of carboxylic acids is 1. The first-order chi connectivity index (χ1) is 17.0. The van der Waals surface area contributed by atoms with Gasteiger partial charge in [0.2, 0.25) is 5.91 Å². The zero-order valence-corrected chi connectivity index (χ0v) is 19.9. The Labute approximate surface area is 206 Å². The molecule has 1 aromatic heterocycles. The normalized spacial score (nSPS) is 15.9. The van der Waals surface area contributed by atoms with E-state index in [1.54, 1.807) is 32.2 Å². The molecule has 2 unspecified atom stereocenters. The summed E-state index contributed by atoms with van der Waals surface area (Å²) in [5.74, 6) is -6.13. The molecule has 0 saturated heterocycles. The van der Waals surface area contributed by atoms with Crippen molar-refractivity contribution in [3.05, 3.63) is 65.5 Å². The number of carbonyl (C=O) groups is 3. The number of aryl methyl sites for hydroxylation is 1. The van der Waals surface area contributed by atoms with Crippen LogP contribution in [0.5, 0.6) is 0 Å². The number of halogens is 2. The predicted molar refractivity (Wildman–Crippen MR) is 127 cm³/mol. The summed E-state index contributed by atoms with van der Waals surface area (Å²) in [5.41, 5.74) is 5.06. The first kappa shape index (κ1) is 26.5. The Morgan fingerprint density at radius 1 is 1.22 bits per heavy atom. The quantitative estimate of drug-likeness (QED) is 0.413. The third kappa shape index (κ3) is 6.75. The highest BCUT2D eigenvalue weighted by molar-refractivity contribution is 5.99. The fourth-order valence-corrected chi connectivity index (χ4v) is 3.39. The van der Waals surface area contributed by atoms with Gasteiger partial charge in [-0.25, -0.2) is 14.6 Å². The molecule has 1 aliphatic heterocycles. The van der Waals surface area contributed by atoms with E-state index < -0.39 is 36.5 Å². The number of anilines is 2. The van der Waals surface area contributed by atoms with Crippen LogP contribution in [0.2, 0.25) is 0 Å². The fourth-order valence-electron chi connectivity index (χ4n) is 3.39.